The molecule has 0 saturated carbocycles. The molecule has 1 N–H and O–H groups in total. The number of para-hydroxylation sites is 1. The van der Waals surface area contributed by atoms with Gasteiger partial charge in [0.25, 0.3) is 0 Å². The van der Waals surface area contributed by atoms with E-state index in [4.69, 9.17) is 0 Å². The zero-order valence-corrected chi connectivity index (χ0v) is 9.32. The van der Waals surface area contributed by atoms with Crippen LogP contribution in [-0.4, -0.2) is 24.8 Å². The summed E-state index contributed by atoms with van der Waals surface area (Å²) in [5.41, 5.74) is 2.66. The Morgan fingerprint density at radius 3 is 2.93 bits per heavy atom. The Hall–Kier alpha value is -1.02. The van der Waals surface area contributed by atoms with Gasteiger partial charge in [0.05, 0.1) is 0 Å². The number of aryl methyl sites for hydroxylation is 1. The van der Waals surface area contributed by atoms with Crippen molar-refractivity contribution >= 4 is 5.69 Å². The summed E-state index contributed by atoms with van der Waals surface area (Å²) < 4.78 is 0. The fourth-order valence-electron chi connectivity index (χ4n) is 2.35. The molecule has 1 fully saturated rings. The monoisotopic (exact) mass is 205 g/mol. The van der Waals surface area contributed by atoms with E-state index in [1.165, 1.54) is 24.1 Å². The number of aliphatic hydroxyl groups excluding tert-OH is 1. The summed E-state index contributed by atoms with van der Waals surface area (Å²) >= 11 is 0. The Bertz CT molecular complexity index is 324. The van der Waals surface area contributed by atoms with Crippen LogP contribution in [0.3, 0.4) is 0 Å². The van der Waals surface area contributed by atoms with Gasteiger partial charge in [-0.2, -0.15) is 0 Å². The summed E-state index contributed by atoms with van der Waals surface area (Å²) in [5.74, 6) is 0.457. The molecule has 1 heterocycles. The molecule has 0 aromatic heterocycles. The van der Waals surface area contributed by atoms with Gasteiger partial charge in [0.15, 0.2) is 0 Å². The molecule has 1 aromatic carbocycles. The first-order chi connectivity index (χ1) is 7.31. The number of hydrogen-bond acceptors (Lipinski definition) is 2. The molecule has 0 aliphatic carbocycles. The number of hydrogen-bond donors (Lipinski definition) is 1. The molecule has 2 rings (SSSR count). The molecule has 1 unspecified atom stereocenters. The van der Waals surface area contributed by atoms with Crippen molar-refractivity contribution in [2.45, 2.75) is 19.8 Å². The van der Waals surface area contributed by atoms with Crippen molar-refractivity contribution in [3.8, 4) is 0 Å². The van der Waals surface area contributed by atoms with Crippen LogP contribution in [0.15, 0.2) is 24.3 Å². The molecule has 2 heteroatoms. The first-order valence-corrected chi connectivity index (χ1v) is 5.72. The smallest absolute Gasteiger partial charge is 0.0476 e. The lowest BCUT2D eigenvalue weighted by molar-refractivity contribution is 0.208. The van der Waals surface area contributed by atoms with Crippen LogP contribution in [0, 0.1) is 12.8 Å². The summed E-state index contributed by atoms with van der Waals surface area (Å²) in [6, 6.07) is 8.49. The number of anilines is 1. The lowest BCUT2D eigenvalue weighted by Gasteiger charge is -2.34. The molecule has 15 heavy (non-hydrogen) atoms. The lowest BCUT2D eigenvalue weighted by atomic mass is 9.98. The topological polar surface area (TPSA) is 23.5 Å². The lowest BCUT2D eigenvalue weighted by Crippen LogP contribution is -2.37. The van der Waals surface area contributed by atoms with Gasteiger partial charge in [-0.1, -0.05) is 18.2 Å². The van der Waals surface area contributed by atoms with Crippen molar-refractivity contribution in [2.24, 2.45) is 5.92 Å². The van der Waals surface area contributed by atoms with Gasteiger partial charge < -0.3 is 10.0 Å². The van der Waals surface area contributed by atoms with Gasteiger partial charge in [0.1, 0.15) is 0 Å². The van der Waals surface area contributed by atoms with E-state index in [-0.39, 0.29) is 0 Å². The second-order valence-corrected chi connectivity index (χ2v) is 4.42. The molecule has 0 spiro atoms. The Labute approximate surface area is 91.5 Å². The summed E-state index contributed by atoms with van der Waals surface area (Å²) in [5, 5.41) is 9.20. The maximum absolute atomic E-state index is 9.20. The van der Waals surface area contributed by atoms with Crippen molar-refractivity contribution in [3.05, 3.63) is 29.8 Å². The molecule has 1 aromatic rings. The van der Waals surface area contributed by atoms with E-state index >= 15 is 0 Å². The van der Waals surface area contributed by atoms with Gasteiger partial charge >= 0.3 is 0 Å². The maximum atomic E-state index is 9.20. The number of nitrogens with zero attached hydrogens (tertiary/aromatic N) is 1. The van der Waals surface area contributed by atoms with E-state index in [2.05, 4.69) is 36.1 Å². The van der Waals surface area contributed by atoms with Crippen LogP contribution >= 0.6 is 0 Å². The predicted molar refractivity (Wildman–Crippen MR) is 63.2 cm³/mol. The largest absolute Gasteiger partial charge is 0.396 e. The normalized spacial score (nSPS) is 21.7. The summed E-state index contributed by atoms with van der Waals surface area (Å²) in [6.07, 6.45) is 2.36. The average Bonchev–Trinajstić information content (AvgIpc) is 2.30. The maximum Gasteiger partial charge on any atom is 0.0476 e. The number of piperidine rings is 1. The Balaban J connectivity index is 2.13. The van der Waals surface area contributed by atoms with Crippen LogP contribution < -0.4 is 4.90 Å². The molecule has 2 nitrogen and oxygen atoms in total. The van der Waals surface area contributed by atoms with Crippen molar-refractivity contribution < 1.29 is 5.11 Å². The Morgan fingerprint density at radius 1 is 1.40 bits per heavy atom. The third kappa shape index (κ3) is 2.32. The van der Waals surface area contributed by atoms with Gasteiger partial charge in [-0.3, -0.25) is 0 Å². The van der Waals surface area contributed by atoms with Crippen molar-refractivity contribution in [2.75, 3.05) is 24.6 Å². The van der Waals surface area contributed by atoms with Crippen molar-refractivity contribution in [3.63, 3.8) is 0 Å². The second kappa shape index (κ2) is 4.67. The Kier molecular flexibility index (Phi) is 3.27. The van der Waals surface area contributed by atoms with Gasteiger partial charge in [-0.25, -0.2) is 0 Å². The molecule has 0 bridgehead atoms. The zero-order chi connectivity index (χ0) is 10.7. The van der Waals surface area contributed by atoms with Crippen molar-refractivity contribution in [1.82, 2.24) is 0 Å². The SMILES string of the molecule is Cc1ccccc1N1CCCC(CO)C1. The van der Waals surface area contributed by atoms with E-state index in [0.717, 1.165) is 13.1 Å². The minimum atomic E-state index is 0.322. The van der Waals surface area contributed by atoms with Crippen LogP contribution in [-0.2, 0) is 0 Å². The van der Waals surface area contributed by atoms with E-state index in [0.29, 0.717) is 12.5 Å². The van der Waals surface area contributed by atoms with Gasteiger partial charge in [0.2, 0.25) is 0 Å². The molecule has 1 saturated heterocycles. The molecule has 82 valence electrons. The Morgan fingerprint density at radius 2 is 2.20 bits per heavy atom. The highest BCUT2D eigenvalue weighted by Crippen LogP contribution is 2.25. The summed E-state index contributed by atoms with van der Waals surface area (Å²) in [7, 11) is 0. The quantitative estimate of drug-likeness (QED) is 0.800. The van der Waals surface area contributed by atoms with E-state index in [9.17, 15) is 5.11 Å². The van der Waals surface area contributed by atoms with Crippen LogP contribution in [0.5, 0.6) is 0 Å². The summed E-state index contributed by atoms with van der Waals surface area (Å²) in [6.45, 7) is 4.60. The molecule has 0 amide bonds. The predicted octanol–water partition coefficient (Wildman–Crippen LogP) is 2.20. The zero-order valence-electron chi connectivity index (χ0n) is 9.32. The number of benzene rings is 1. The first kappa shape index (κ1) is 10.5. The van der Waals surface area contributed by atoms with Gasteiger partial charge in [0, 0.05) is 25.4 Å². The van der Waals surface area contributed by atoms with Crippen molar-refractivity contribution in [1.29, 1.82) is 0 Å². The highest BCUT2D eigenvalue weighted by molar-refractivity contribution is 5.53. The minimum absolute atomic E-state index is 0.322. The van der Waals surface area contributed by atoms with Crippen LogP contribution in [0.4, 0.5) is 5.69 Å². The molecule has 1 atom stereocenters. The fraction of sp³-hybridized carbons (Fsp3) is 0.538. The van der Waals surface area contributed by atoms with E-state index < -0.39 is 0 Å². The number of aliphatic hydroxyl groups is 1. The standard InChI is InChI=1S/C13H19NO/c1-11-5-2-3-7-13(11)14-8-4-6-12(9-14)10-15/h2-3,5,7,12,15H,4,6,8-10H2,1H3. The van der Waals surface area contributed by atoms with Crippen LogP contribution in [0.2, 0.25) is 0 Å². The third-order valence-electron chi connectivity index (χ3n) is 3.23. The average molecular weight is 205 g/mol. The van der Waals surface area contributed by atoms with E-state index in [1.807, 2.05) is 0 Å². The highest BCUT2D eigenvalue weighted by atomic mass is 16.3. The first-order valence-electron chi connectivity index (χ1n) is 5.72. The highest BCUT2D eigenvalue weighted by Gasteiger charge is 2.19. The third-order valence-corrected chi connectivity index (χ3v) is 3.23. The van der Waals surface area contributed by atoms with Crippen LogP contribution in [0.1, 0.15) is 18.4 Å². The molecule has 0 radical (unpaired) electrons. The van der Waals surface area contributed by atoms with Gasteiger partial charge in [-0.05, 0) is 37.3 Å². The molecule has 1 aliphatic heterocycles. The number of rotatable bonds is 2. The molecular weight excluding hydrogens is 186 g/mol. The van der Waals surface area contributed by atoms with E-state index in [1.54, 1.807) is 0 Å². The molecule has 1 aliphatic rings. The van der Waals surface area contributed by atoms with Gasteiger partial charge in [-0.15, -0.1) is 0 Å². The summed E-state index contributed by atoms with van der Waals surface area (Å²) in [4.78, 5) is 2.40. The minimum Gasteiger partial charge on any atom is -0.396 e. The second-order valence-electron chi connectivity index (χ2n) is 4.42. The van der Waals surface area contributed by atoms with Crippen LogP contribution in [0.25, 0.3) is 0 Å². The fourth-order valence-corrected chi connectivity index (χ4v) is 2.35. The molecular formula is C13H19NO.